The normalized spacial score (nSPS) is 19.5. The standard InChI is InChI=1S/C16H19N3O2S/c20-16(14-2-1-9-21-14)19-7-5-18(6-8-19)10-15-17-13(11-22-15)12-3-4-12/h1-2,9,11-12H,3-8,10H2. The van der Waals surface area contributed by atoms with Crippen LogP contribution in [-0.4, -0.2) is 46.9 Å². The Morgan fingerprint density at radius 3 is 2.82 bits per heavy atom. The average molecular weight is 317 g/mol. The van der Waals surface area contributed by atoms with Gasteiger partial charge in [0.05, 0.1) is 18.5 Å². The minimum Gasteiger partial charge on any atom is -0.459 e. The van der Waals surface area contributed by atoms with Crippen molar-refractivity contribution in [3.63, 3.8) is 0 Å². The zero-order valence-corrected chi connectivity index (χ0v) is 13.2. The maximum Gasteiger partial charge on any atom is 0.289 e. The molecule has 1 aliphatic carbocycles. The van der Waals surface area contributed by atoms with Crippen molar-refractivity contribution in [2.45, 2.75) is 25.3 Å². The molecule has 2 aliphatic rings. The largest absolute Gasteiger partial charge is 0.459 e. The third-order valence-electron chi connectivity index (χ3n) is 4.32. The van der Waals surface area contributed by atoms with Crippen LogP contribution < -0.4 is 0 Å². The second-order valence-electron chi connectivity index (χ2n) is 5.99. The van der Waals surface area contributed by atoms with Gasteiger partial charge < -0.3 is 9.32 Å². The molecule has 5 nitrogen and oxygen atoms in total. The lowest BCUT2D eigenvalue weighted by Crippen LogP contribution is -2.48. The van der Waals surface area contributed by atoms with E-state index in [9.17, 15) is 4.79 Å². The summed E-state index contributed by atoms with van der Waals surface area (Å²) in [6.45, 7) is 4.19. The van der Waals surface area contributed by atoms with Crippen molar-refractivity contribution in [1.82, 2.24) is 14.8 Å². The molecule has 3 heterocycles. The number of carbonyl (C=O) groups is 1. The second-order valence-corrected chi connectivity index (χ2v) is 6.93. The lowest BCUT2D eigenvalue weighted by molar-refractivity contribution is 0.0597. The smallest absolute Gasteiger partial charge is 0.289 e. The van der Waals surface area contributed by atoms with Gasteiger partial charge in [-0.15, -0.1) is 11.3 Å². The number of furan rings is 1. The van der Waals surface area contributed by atoms with Crippen LogP contribution in [0, 0.1) is 0 Å². The van der Waals surface area contributed by atoms with E-state index in [1.165, 1.54) is 23.5 Å². The molecule has 0 atom stereocenters. The van der Waals surface area contributed by atoms with Crippen molar-refractivity contribution in [3.05, 3.63) is 40.2 Å². The van der Waals surface area contributed by atoms with Crippen LogP contribution in [0.3, 0.4) is 0 Å². The lowest BCUT2D eigenvalue weighted by Gasteiger charge is -2.33. The molecule has 0 aromatic carbocycles. The Morgan fingerprint density at radius 1 is 1.32 bits per heavy atom. The van der Waals surface area contributed by atoms with Gasteiger partial charge in [0, 0.05) is 37.5 Å². The number of thiazole rings is 1. The summed E-state index contributed by atoms with van der Waals surface area (Å²) in [7, 11) is 0. The van der Waals surface area contributed by atoms with Crippen LogP contribution in [0.15, 0.2) is 28.2 Å². The fourth-order valence-electron chi connectivity index (χ4n) is 2.82. The molecule has 0 N–H and O–H groups in total. The molecule has 2 aromatic heterocycles. The Balaban J connectivity index is 1.30. The van der Waals surface area contributed by atoms with Crippen LogP contribution in [0.25, 0.3) is 0 Å². The summed E-state index contributed by atoms with van der Waals surface area (Å²) in [5.74, 6) is 1.16. The number of piperazine rings is 1. The van der Waals surface area contributed by atoms with Crippen molar-refractivity contribution in [2.24, 2.45) is 0 Å². The van der Waals surface area contributed by atoms with Crippen molar-refractivity contribution in [1.29, 1.82) is 0 Å². The molecule has 1 saturated heterocycles. The second kappa shape index (κ2) is 5.85. The van der Waals surface area contributed by atoms with Gasteiger partial charge in [0.1, 0.15) is 5.01 Å². The Kier molecular flexibility index (Phi) is 3.72. The van der Waals surface area contributed by atoms with E-state index in [1.807, 2.05) is 4.90 Å². The maximum atomic E-state index is 12.2. The molecule has 1 aliphatic heterocycles. The van der Waals surface area contributed by atoms with Gasteiger partial charge in [-0.25, -0.2) is 4.98 Å². The van der Waals surface area contributed by atoms with Crippen LogP contribution in [0.4, 0.5) is 0 Å². The molecule has 0 spiro atoms. The number of aromatic nitrogens is 1. The number of hydrogen-bond donors (Lipinski definition) is 0. The third kappa shape index (κ3) is 2.94. The molecule has 1 saturated carbocycles. The number of nitrogens with zero attached hydrogens (tertiary/aromatic N) is 3. The maximum absolute atomic E-state index is 12.2. The summed E-state index contributed by atoms with van der Waals surface area (Å²) in [4.78, 5) is 21.2. The summed E-state index contributed by atoms with van der Waals surface area (Å²) in [5, 5.41) is 3.41. The molecule has 1 amide bonds. The highest BCUT2D eigenvalue weighted by Crippen LogP contribution is 2.40. The first-order valence-electron chi connectivity index (χ1n) is 7.79. The molecule has 0 radical (unpaired) electrons. The zero-order valence-electron chi connectivity index (χ0n) is 12.4. The van der Waals surface area contributed by atoms with Gasteiger partial charge in [0.15, 0.2) is 5.76 Å². The van der Waals surface area contributed by atoms with Gasteiger partial charge in [-0.3, -0.25) is 9.69 Å². The van der Waals surface area contributed by atoms with E-state index in [2.05, 4.69) is 10.3 Å². The SMILES string of the molecule is O=C(c1ccco1)N1CCN(Cc2nc(C3CC3)cs2)CC1. The first-order valence-corrected chi connectivity index (χ1v) is 8.67. The van der Waals surface area contributed by atoms with Gasteiger partial charge in [0.2, 0.25) is 0 Å². The minimum absolute atomic E-state index is 0.00471. The molecule has 22 heavy (non-hydrogen) atoms. The average Bonchev–Trinajstić information content (AvgIpc) is 3.06. The van der Waals surface area contributed by atoms with E-state index in [-0.39, 0.29) is 5.91 Å². The van der Waals surface area contributed by atoms with Crippen molar-refractivity contribution in [3.8, 4) is 0 Å². The number of rotatable bonds is 4. The monoisotopic (exact) mass is 317 g/mol. The van der Waals surface area contributed by atoms with E-state index < -0.39 is 0 Å². The Bertz CT molecular complexity index is 640. The first kappa shape index (κ1) is 14.0. The van der Waals surface area contributed by atoms with Crippen LogP contribution >= 0.6 is 11.3 Å². The van der Waals surface area contributed by atoms with Gasteiger partial charge in [0.25, 0.3) is 5.91 Å². The van der Waals surface area contributed by atoms with Crippen LogP contribution in [0.2, 0.25) is 0 Å². The highest BCUT2D eigenvalue weighted by Gasteiger charge is 2.27. The molecular weight excluding hydrogens is 298 g/mol. The Hall–Kier alpha value is -1.66. The van der Waals surface area contributed by atoms with Gasteiger partial charge >= 0.3 is 0 Å². The van der Waals surface area contributed by atoms with E-state index in [0.717, 1.165) is 38.6 Å². The Labute approximate surface area is 133 Å². The molecule has 0 unspecified atom stereocenters. The molecule has 6 heteroatoms. The number of amides is 1. The van der Waals surface area contributed by atoms with Crippen LogP contribution in [0.5, 0.6) is 0 Å². The van der Waals surface area contributed by atoms with E-state index >= 15 is 0 Å². The first-order chi connectivity index (χ1) is 10.8. The van der Waals surface area contributed by atoms with Gasteiger partial charge in [-0.2, -0.15) is 0 Å². The predicted molar refractivity (Wildman–Crippen MR) is 84.0 cm³/mol. The van der Waals surface area contributed by atoms with Crippen LogP contribution in [-0.2, 0) is 6.54 Å². The topological polar surface area (TPSA) is 49.6 Å². The molecule has 4 rings (SSSR count). The van der Waals surface area contributed by atoms with Crippen molar-refractivity contribution < 1.29 is 9.21 Å². The zero-order chi connectivity index (χ0) is 14.9. The molecule has 116 valence electrons. The van der Waals surface area contributed by atoms with Gasteiger partial charge in [-0.1, -0.05) is 0 Å². The van der Waals surface area contributed by atoms with Gasteiger partial charge in [-0.05, 0) is 25.0 Å². The van der Waals surface area contributed by atoms with E-state index in [0.29, 0.717) is 5.76 Å². The number of carbonyl (C=O) groups excluding carboxylic acids is 1. The summed E-state index contributed by atoms with van der Waals surface area (Å²) >= 11 is 1.77. The fourth-order valence-corrected chi connectivity index (χ4v) is 3.74. The highest BCUT2D eigenvalue weighted by atomic mass is 32.1. The minimum atomic E-state index is -0.00471. The summed E-state index contributed by atoms with van der Waals surface area (Å²) in [6, 6.07) is 3.48. The van der Waals surface area contributed by atoms with Crippen molar-refractivity contribution in [2.75, 3.05) is 26.2 Å². The quantitative estimate of drug-likeness (QED) is 0.869. The predicted octanol–water partition coefficient (Wildman–Crippen LogP) is 2.57. The summed E-state index contributed by atoms with van der Waals surface area (Å²) < 4.78 is 5.19. The van der Waals surface area contributed by atoms with Crippen molar-refractivity contribution >= 4 is 17.2 Å². The molecule has 2 aromatic rings. The van der Waals surface area contributed by atoms with E-state index in [1.54, 1.807) is 29.7 Å². The van der Waals surface area contributed by atoms with E-state index in [4.69, 9.17) is 9.40 Å². The Morgan fingerprint density at radius 2 is 2.14 bits per heavy atom. The molecular formula is C16H19N3O2S. The lowest BCUT2D eigenvalue weighted by atomic mass is 10.3. The highest BCUT2D eigenvalue weighted by molar-refractivity contribution is 7.09. The molecule has 0 bridgehead atoms. The number of hydrogen-bond acceptors (Lipinski definition) is 5. The summed E-state index contributed by atoms with van der Waals surface area (Å²) in [6.07, 6.45) is 4.15. The third-order valence-corrected chi connectivity index (χ3v) is 5.17. The molecule has 2 fully saturated rings. The fraction of sp³-hybridized carbons (Fsp3) is 0.500. The van der Waals surface area contributed by atoms with Crippen LogP contribution in [0.1, 0.15) is 40.0 Å². The summed E-state index contributed by atoms with van der Waals surface area (Å²) in [5.41, 5.74) is 1.28.